The zero-order chi connectivity index (χ0) is 11.1. The lowest BCUT2D eigenvalue weighted by Gasteiger charge is -2.02. The van der Waals surface area contributed by atoms with Crippen LogP contribution in [0.4, 0.5) is 4.39 Å². The molecule has 0 fully saturated rings. The second kappa shape index (κ2) is 5.96. The number of aromatic hydroxyl groups is 1. The third-order valence-electron chi connectivity index (χ3n) is 1.38. The molecule has 0 amide bonds. The predicted octanol–water partition coefficient (Wildman–Crippen LogP) is 2.34. The molecule has 14 heavy (non-hydrogen) atoms. The molecule has 0 saturated carbocycles. The number of phenols is 1. The molecule has 78 valence electrons. The fourth-order valence-corrected chi connectivity index (χ4v) is 0.817. The van der Waals surface area contributed by atoms with Gasteiger partial charge in [0.25, 0.3) is 0 Å². The highest BCUT2D eigenvalue weighted by Gasteiger charge is 2.16. The van der Waals surface area contributed by atoms with E-state index in [0.717, 1.165) is 13.2 Å². The van der Waals surface area contributed by atoms with Crippen LogP contribution in [0.2, 0.25) is 0 Å². The average molecular weight is 200 g/mol. The van der Waals surface area contributed by atoms with Crippen molar-refractivity contribution in [3.05, 3.63) is 29.6 Å². The Morgan fingerprint density at radius 3 is 2.43 bits per heavy atom. The van der Waals surface area contributed by atoms with Gasteiger partial charge in [-0.25, -0.2) is 9.18 Å². The van der Waals surface area contributed by atoms with Crippen molar-refractivity contribution in [2.75, 3.05) is 7.11 Å². The Kier molecular flexibility index (Phi) is 5.29. The Labute approximate surface area is 82.1 Å². The molecule has 1 rings (SSSR count). The van der Waals surface area contributed by atoms with Gasteiger partial charge in [0, 0.05) is 0 Å². The number of esters is 1. The van der Waals surface area contributed by atoms with E-state index in [0.29, 0.717) is 0 Å². The maximum Gasteiger partial charge on any atom is 0.344 e. The molecule has 0 saturated heterocycles. The molecule has 3 nitrogen and oxygen atoms in total. The maximum absolute atomic E-state index is 12.8. The minimum atomic E-state index is -0.884. The van der Waals surface area contributed by atoms with Crippen LogP contribution in [-0.4, -0.2) is 18.2 Å². The van der Waals surface area contributed by atoms with Crippen molar-refractivity contribution in [3.63, 3.8) is 0 Å². The number of carbonyl (C=O) groups is 1. The van der Waals surface area contributed by atoms with Gasteiger partial charge in [-0.3, -0.25) is 0 Å². The van der Waals surface area contributed by atoms with Crippen molar-refractivity contribution in [1.29, 1.82) is 0 Å². The van der Waals surface area contributed by atoms with Gasteiger partial charge in [0.2, 0.25) is 0 Å². The van der Waals surface area contributed by atoms with Crippen LogP contribution in [0.1, 0.15) is 24.2 Å². The first-order chi connectivity index (χ1) is 6.66. The molecule has 4 heteroatoms. The number of methoxy groups -OCH3 is 1. The van der Waals surface area contributed by atoms with E-state index in [4.69, 9.17) is 5.11 Å². The number of carbonyl (C=O) groups excluding carboxylic acids is 1. The van der Waals surface area contributed by atoms with Gasteiger partial charge in [-0.2, -0.15) is 0 Å². The minimum Gasteiger partial charge on any atom is -0.507 e. The predicted molar refractivity (Wildman–Crippen MR) is 50.8 cm³/mol. The van der Waals surface area contributed by atoms with E-state index in [1.54, 1.807) is 0 Å². The fraction of sp³-hybridized carbons (Fsp3) is 0.300. The number of rotatable bonds is 1. The molecule has 1 aromatic carbocycles. The van der Waals surface area contributed by atoms with Crippen LogP contribution < -0.4 is 0 Å². The molecular formula is C10H13FO3. The monoisotopic (exact) mass is 200 g/mol. The lowest BCUT2D eigenvalue weighted by molar-refractivity contribution is 0.0592. The van der Waals surface area contributed by atoms with E-state index in [1.807, 2.05) is 13.8 Å². The van der Waals surface area contributed by atoms with Crippen LogP contribution in [-0.2, 0) is 4.74 Å². The van der Waals surface area contributed by atoms with Gasteiger partial charge in [0.05, 0.1) is 7.11 Å². The number of phenolic OH excluding ortho intramolecular Hbond substituents is 1. The highest BCUT2D eigenvalue weighted by molar-refractivity contribution is 5.92. The van der Waals surface area contributed by atoms with Crippen LogP contribution >= 0.6 is 0 Å². The SMILES string of the molecule is CC.COC(=O)c1c(O)cccc1F. The largest absolute Gasteiger partial charge is 0.507 e. The fourth-order valence-electron chi connectivity index (χ4n) is 0.817. The highest BCUT2D eigenvalue weighted by Crippen LogP contribution is 2.20. The van der Waals surface area contributed by atoms with Crippen LogP contribution in [0, 0.1) is 5.82 Å². The summed E-state index contributed by atoms with van der Waals surface area (Å²) in [5.74, 6) is -2.09. The first-order valence-electron chi connectivity index (χ1n) is 4.22. The number of hydrogen-bond donors (Lipinski definition) is 1. The molecule has 0 atom stereocenters. The van der Waals surface area contributed by atoms with Gasteiger partial charge in [-0.05, 0) is 12.1 Å². The number of hydrogen-bond acceptors (Lipinski definition) is 3. The molecule has 0 aromatic heterocycles. The Bertz CT molecular complexity index is 290. The highest BCUT2D eigenvalue weighted by atomic mass is 19.1. The van der Waals surface area contributed by atoms with E-state index < -0.39 is 23.1 Å². The van der Waals surface area contributed by atoms with Crippen molar-refractivity contribution in [1.82, 2.24) is 0 Å². The topological polar surface area (TPSA) is 46.5 Å². The summed E-state index contributed by atoms with van der Waals surface area (Å²) in [5, 5.41) is 9.05. The van der Waals surface area contributed by atoms with Crippen LogP contribution in [0.15, 0.2) is 18.2 Å². The Morgan fingerprint density at radius 1 is 1.43 bits per heavy atom. The normalized spacial score (nSPS) is 8.57. The smallest absolute Gasteiger partial charge is 0.344 e. The number of ether oxygens (including phenoxy) is 1. The molecule has 0 unspecified atom stereocenters. The maximum atomic E-state index is 12.8. The van der Waals surface area contributed by atoms with E-state index in [9.17, 15) is 9.18 Å². The van der Waals surface area contributed by atoms with Crippen molar-refractivity contribution in [3.8, 4) is 5.75 Å². The Morgan fingerprint density at radius 2 is 2.00 bits per heavy atom. The van der Waals surface area contributed by atoms with Crippen molar-refractivity contribution < 1.29 is 19.0 Å². The van der Waals surface area contributed by atoms with E-state index in [2.05, 4.69) is 4.74 Å². The third-order valence-corrected chi connectivity index (χ3v) is 1.38. The molecule has 1 N–H and O–H groups in total. The van der Waals surface area contributed by atoms with Crippen LogP contribution in [0.25, 0.3) is 0 Å². The summed E-state index contributed by atoms with van der Waals surface area (Å²) in [7, 11) is 1.12. The molecule has 0 radical (unpaired) electrons. The van der Waals surface area contributed by atoms with Crippen molar-refractivity contribution in [2.45, 2.75) is 13.8 Å². The summed E-state index contributed by atoms with van der Waals surface area (Å²) >= 11 is 0. The van der Waals surface area contributed by atoms with Crippen molar-refractivity contribution in [2.24, 2.45) is 0 Å². The zero-order valence-electron chi connectivity index (χ0n) is 8.37. The molecule has 0 aliphatic heterocycles. The second-order valence-corrected chi connectivity index (χ2v) is 2.13. The van der Waals surface area contributed by atoms with Gasteiger partial charge < -0.3 is 9.84 Å². The molecule has 0 bridgehead atoms. The molecule has 1 aromatic rings. The quantitative estimate of drug-likeness (QED) is 0.708. The lowest BCUT2D eigenvalue weighted by Crippen LogP contribution is -2.04. The summed E-state index contributed by atoms with van der Waals surface area (Å²) in [6.45, 7) is 4.00. The van der Waals surface area contributed by atoms with Crippen LogP contribution in [0.5, 0.6) is 5.75 Å². The van der Waals surface area contributed by atoms with Gasteiger partial charge in [-0.1, -0.05) is 19.9 Å². The average Bonchev–Trinajstić information content (AvgIpc) is 2.20. The molecule has 0 heterocycles. The first kappa shape index (κ1) is 12.4. The summed E-state index contributed by atoms with van der Waals surface area (Å²) in [4.78, 5) is 10.8. The Balaban J connectivity index is 0.000000791. The lowest BCUT2D eigenvalue weighted by atomic mass is 10.2. The molecule has 0 spiro atoms. The zero-order valence-corrected chi connectivity index (χ0v) is 8.37. The summed E-state index contributed by atoms with van der Waals surface area (Å²) in [5.41, 5.74) is -0.431. The number of benzene rings is 1. The van der Waals surface area contributed by atoms with E-state index in [-0.39, 0.29) is 0 Å². The van der Waals surface area contributed by atoms with E-state index in [1.165, 1.54) is 12.1 Å². The van der Waals surface area contributed by atoms with Crippen molar-refractivity contribution >= 4 is 5.97 Å². The standard InChI is InChI=1S/C8H7FO3.C2H6/c1-12-8(11)7-5(9)3-2-4-6(7)10;1-2/h2-4,10H,1H3;1-2H3. The third kappa shape index (κ3) is 2.73. The number of halogens is 1. The second-order valence-electron chi connectivity index (χ2n) is 2.13. The van der Waals surface area contributed by atoms with Gasteiger partial charge in [0.15, 0.2) is 0 Å². The molecular weight excluding hydrogens is 187 g/mol. The van der Waals surface area contributed by atoms with Gasteiger partial charge in [-0.15, -0.1) is 0 Å². The summed E-state index contributed by atoms with van der Waals surface area (Å²) in [6.07, 6.45) is 0. The van der Waals surface area contributed by atoms with Gasteiger partial charge >= 0.3 is 5.97 Å². The van der Waals surface area contributed by atoms with Crippen LogP contribution in [0.3, 0.4) is 0 Å². The summed E-state index contributed by atoms with van der Waals surface area (Å²) in [6, 6.07) is 3.60. The first-order valence-corrected chi connectivity index (χ1v) is 4.22. The Hall–Kier alpha value is -1.58. The molecule has 0 aliphatic carbocycles. The summed E-state index contributed by atoms with van der Waals surface area (Å²) < 4.78 is 17.1. The minimum absolute atomic E-state index is 0.415. The molecule has 0 aliphatic rings. The van der Waals surface area contributed by atoms with Gasteiger partial charge in [0.1, 0.15) is 17.1 Å². The van der Waals surface area contributed by atoms with E-state index >= 15 is 0 Å².